The molecule has 66 valence electrons. The first kappa shape index (κ1) is 10.4. The fourth-order valence-electron chi connectivity index (χ4n) is 0.613. The summed E-state index contributed by atoms with van der Waals surface area (Å²) in [6.07, 6.45) is -2.62. The van der Waals surface area contributed by atoms with Crippen LogP contribution in [0.3, 0.4) is 0 Å². The van der Waals surface area contributed by atoms with E-state index in [1.807, 2.05) is 22.6 Å². The zero-order valence-electron chi connectivity index (χ0n) is 5.49. The molecule has 0 bridgehead atoms. The first-order valence-corrected chi connectivity index (χ1v) is 4.65. The highest BCUT2D eigenvalue weighted by molar-refractivity contribution is 14.1. The summed E-state index contributed by atoms with van der Waals surface area (Å²) in [7, 11) is 0. The number of rotatable bonds is 1. The summed E-state index contributed by atoms with van der Waals surface area (Å²) in [6.45, 7) is 0. The minimum absolute atomic E-state index is 0.144. The second-order valence-electron chi connectivity index (χ2n) is 1.94. The SMILES string of the molecule is FC(F)c1cc(I)c(Cl)nc1Cl. The number of halogens is 5. The van der Waals surface area contributed by atoms with Crippen molar-refractivity contribution in [3.05, 3.63) is 25.5 Å². The molecule has 1 rings (SSSR count). The molecule has 0 saturated carbocycles. The Morgan fingerprint density at radius 1 is 1.33 bits per heavy atom. The molecule has 0 aliphatic heterocycles. The molecule has 0 N–H and O–H groups in total. The molecular weight excluding hydrogens is 322 g/mol. The van der Waals surface area contributed by atoms with Crippen molar-refractivity contribution in [2.24, 2.45) is 0 Å². The van der Waals surface area contributed by atoms with Crippen LogP contribution in [0.15, 0.2) is 6.07 Å². The highest BCUT2D eigenvalue weighted by Crippen LogP contribution is 2.29. The van der Waals surface area contributed by atoms with Gasteiger partial charge in [-0.1, -0.05) is 23.2 Å². The zero-order valence-corrected chi connectivity index (χ0v) is 9.16. The van der Waals surface area contributed by atoms with Gasteiger partial charge in [0.05, 0.1) is 9.13 Å². The van der Waals surface area contributed by atoms with Gasteiger partial charge < -0.3 is 0 Å². The summed E-state index contributed by atoms with van der Waals surface area (Å²) >= 11 is 12.8. The molecule has 0 radical (unpaired) electrons. The van der Waals surface area contributed by atoms with Crippen molar-refractivity contribution in [2.45, 2.75) is 6.43 Å². The molecule has 0 aliphatic rings. The smallest absolute Gasteiger partial charge is 0.223 e. The number of hydrogen-bond donors (Lipinski definition) is 0. The molecule has 1 aromatic rings. The lowest BCUT2D eigenvalue weighted by Crippen LogP contribution is -1.92. The Hall–Kier alpha value is 0.320. The van der Waals surface area contributed by atoms with Crippen molar-refractivity contribution in [1.82, 2.24) is 4.98 Å². The van der Waals surface area contributed by atoms with Crippen LogP contribution >= 0.6 is 45.8 Å². The van der Waals surface area contributed by atoms with Crippen LogP contribution in [0.4, 0.5) is 8.78 Å². The number of alkyl halides is 2. The van der Waals surface area contributed by atoms with Gasteiger partial charge in [-0.2, -0.15) is 0 Å². The maximum atomic E-state index is 12.2. The van der Waals surface area contributed by atoms with E-state index in [0.29, 0.717) is 3.57 Å². The molecule has 0 aliphatic carbocycles. The van der Waals surface area contributed by atoms with Gasteiger partial charge >= 0.3 is 0 Å². The van der Waals surface area contributed by atoms with Crippen LogP contribution in [-0.4, -0.2) is 4.98 Å². The van der Waals surface area contributed by atoms with E-state index in [1.165, 1.54) is 6.07 Å². The Labute approximate surface area is 91.2 Å². The summed E-state index contributed by atoms with van der Waals surface area (Å²) < 4.78 is 24.8. The van der Waals surface area contributed by atoms with E-state index in [0.717, 1.165) is 0 Å². The zero-order chi connectivity index (χ0) is 9.30. The lowest BCUT2D eigenvalue weighted by molar-refractivity contribution is 0.151. The minimum Gasteiger partial charge on any atom is -0.223 e. The van der Waals surface area contributed by atoms with Gasteiger partial charge in [-0.05, 0) is 28.7 Å². The number of aromatic nitrogens is 1. The summed E-state index contributed by atoms with van der Waals surface area (Å²) in [5.74, 6) is 0. The second-order valence-corrected chi connectivity index (χ2v) is 3.82. The van der Waals surface area contributed by atoms with Crippen LogP contribution < -0.4 is 0 Å². The average molecular weight is 324 g/mol. The second kappa shape index (κ2) is 4.02. The standard InChI is InChI=1S/C6H2Cl2F2IN/c7-4-2(6(9)10)1-3(11)5(8)12-4/h1,6H. The molecule has 1 aromatic heterocycles. The largest absolute Gasteiger partial charge is 0.266 e. The monoisotopic (exact) mass is 323 g/mol. The Balaban J connectivity index is 3.23. The number of pyridine rings is 1. The van der Waals surface area contributed by atoms with Crippen molar-refractivity contribution in [3.63, 3.8) is 0 Å². The van der Waals surface area contributed by atoms with Gasteiger partial charge in [0.1, 0.15) is 10.3 Å². The van der Waals surface area contributed by atoms with Crippen LogP contribution in [-0.2, 0) is 0 Å². The lowest BCUT2D eigenvalue weighted by atomic mass is 10.3. The topological polar surface area (TPSA) is 12.9 Å². The van der Waals surface area contributed by atoms with Gasteiger partial charge in [0.2, 0.25) is 0 Å². The van der Waals surface area contributed by atoms with Gasteiger partial charge in [0, 0.05) is 0 Å². The third-order valence-electron chi connectivity index (χ3n) is 1.15. The third kappa shape index (κ3) is 2.17. The Morgan fingerprint density at radius 3 is 2.42 bits per heavy atom. The molecular formula is C6H2Cl2F2IN. The fourth-order valence-corrected chi connectivity index (χ4v) is 1.47. The molecule has 1 heterocycles. The van der Waals surface area contributed by atoms with E-state index in [4.69, 9.17) is 23.2 Å². The Bertz CT molecular complexity index is 306. The van der Waals surface area contributed by atoms with Crippen molar-refractivity contribution in [3.8, 4) is 0 Å². The normalized spacial score (nSPS) is 10.8. The summed E-state index contributed by atoms with van der Waals surface area (Å²) in [5.41, 5.74) is -0.287. The van der Waals surface area contributed by atoms with Crippen LogP contribution in [0.1, 0.15) is 12.0 Å². The molecule has 0 saturated heterocycles. The predicted molar refractivity (Wildman–Crippen MR) is 51.9 cm³/mol. The maximum absolute atomic E-state index is 12.2. The predicted octanol–water partition coefficient (Wildman–Crippen LogP) is 3.93. The average Bonchev–Trinajstić information content (AvgIpc) is 1.96. The van der Waals surface area contributed by atoms with E-state index in [1.54, 1.807) is 0 Å². The van der Waals surface area contributed by atoms with Crippen LogP contribution in [0, 0.1) is 3.57 Å². The highest BCUT2D eigenvalue weighted by Gasteiger charge is 2.15. The lowest BCUT2D eigenvalue weighted by Gasteiger charge is -2.03. The molecule has 6 heteroatoms. The molecule has 1 nitrogen and oxygen atoms in total. The fraction of sp³-hybridized carbons (Fsp3) is 0.167. The van der Waals surface area contributed by atoms with Crippen LogP contribution in [0.5, 0.6) is 0 Å². The molecule has 0 unspecified atom stereocenters. The molecule has 0 spiro atoms. The van der Waals surface area contributed by atoms with Crippen LogP contribution in [0.25, 0.3) is 0 Å². The van der Waals surface area contributed by atoms with Gasteiger partial charge in [0.25, 0.3) is 6.43 Å². The van der Waals surface area contributed by atoms with Gasteiger partial charge in [-0.15, -0.1) is 0 Å². The van der Waals surface area contributed by atoms with E-state index in [2.05, 4.69) is 4.98 Å². The van der Waals surface area contributed by atoms with Crippen molar-refractivity contribution in [2.75, 3.05) is 0 Å². The summed E-state index contributed by atoms with van der Waals surface area (Å²) in [6, 6.07) is 1.23. The highest BCUT2D eigenvalue weighted by atomic mass is 127. The number of nitrogens with zero attached hydrogens (tertiary/aromatic N) is 1. The first-order valence-electron chi connectivity index (χ1n) is 2.82. The van der Waals surface area contributed by atoms with E-state index >= 15 is 0 Å². The molecule has 12 heavy (non-hydrogen) atoms. The van der Waals surface area contributed by atoms with E-state index < -0.39 is 6.43 Å². The molecule has 0 aromatic carbocycles. The molecule has 0 atom stereocenters. The quantitative estimate of drug-likeness (QED) is 0.563. The summed E-state index contributed by atoms with van der Waals surface area (Å²) in [4.78, 5) is 3.54. The number of hydrogen-bond acceptors (Lipinski definition) is 1. The van der Waals surface area contributed by atoms with Gasteiger partial charge in [-0.3, -0.25) is 0 Å². The third-order valence-corrected chi connectivity index (χ3v) is 2.88. The van der Waals surface area contributed by atoms with Gasteiger partial charge in [0.15, 0.2) is 0 Å². The molecule has 0 amide bonds. The van der Waals surface area contributed by atoms with Crippen molar-refractivity contribution >= 4 is 45.8 Å². The minimum atomic E-state index is -2.62. The Kier molecular flexibility index (Phi) is 3.48. The molecule has 0 fully saturated rings. The van der Waals surface area contributed by atoms with E-state index in [-0.39, 0.29) is 15.9 Å². The van der Waals surface area contributed by atoms with Crippen LogP contribution in [0.2, 0.25) is 10.3 Å². The van der Waals surface area contributed by atoms with Crippen molar-refractivity contribution < 1.29 is 8.78 Å². The first-order chi connectivity index (χ1) is 5.52. The Morgan fingerprint density at radius 2 is 1.92 bits per heavy atom. The van der Waals surface area contributed by atoms with Crippen molar-refractivity contribution in [1.29, 1.82) is 0 Å². The maximum Gasteiger partial charge on any atom is 0.266 e. The van der Waals surface area contributed by atoms with E-state index in [9.17, 15) is 8.78 Å². The summed E-state index contributed by atoms with van der Waals surface area (Å²) in [5, 5.41) is -0.0968. The van der Waals surface area contributed by atoms with Gasteiger partial charge in [-0.25, -0.2) is 13.8 Å².